The first-order chi connectivity index (χ1) is 7.52. The SMILES string of the molecule is CNC(c1c(Br)nnn1C)C(OC)C(C)C. The van der Waals surface area contributed by atoms with Crippen LogP contribution in [0.5, 0.6) is 0 Å². The summed E-state index contributed by atoms with van der Waals surface area (Å²) in [5.74, 6) is 0.407. The summed E-state index contributed by atoms with van der Waals surface area (Å²) in [7, 11) is 5.52. The molecule has 2 atom stereocenters. The van der Waals surface area contributed by atoms with E-state index < -0.39 is 0 Å². The Morgan fingerprint density at radius 2 is 2.06 bits per heavy atom. The van der Waals surface area contributed by atoms with Gasteiger partial charge < -0.3 is 10.1 Å². The third-order valence-electron chi connectivity index (χ3n) is 2.69. The molecule has 5 nitrogen and oxygen atoms in total. The molecule has 0 aliphatic heterocycles. The standard InChI is InChI=1S/C10H19BrN4O/c1-6(2)9(16-5)7(12-3)8-10(11)13-14-15(8)4/h6-7,9,12H,1-5H3. The van der Waals surface area contributed by atoms with E-state index in [1.54, 1.807) is 11.8 Å². The van der Waals surface area contributed by atoms with E-state index in [1.165, 1.54) is 0 Å². The van der Waals surface area contributed by atoms with E-state index in [0.29, 0.717) is 5.92 Å². The van der Waals surface area contributed by atoms with Gasteiger partial charge >= 0.3 is 0 Å². The number of hydrogen-bond donors (Lipinski definition) is 1. The van der Waals surface area contributed by atoms with Gasteiger partial charge in [0.25, 0.3) is 0 Å². The molecule has 0 fully saturated rings. The second kappa shape index (κ2) is 5.75. The lowest BCUT2D eigenvalue weighted by molar-refractivity contribution is 0.0324. The van der Waals surface area contributed by atoms with Crippen molar-refractivity contribution < 1.29 is 4.74 Å². The number of aryl methyl sites for hydroxylation is 1. The monoisotopic (exact) mass is 290 g/mol. The van der Waals surface area contributed by atoms with Gasteiger partial charge in [0.05, 0.1) is 17.8 Å². The Morgan fingerprint density at radius 1 is 1.44 bits per heavy atom. The van der Waals surface area contributed by atoms with Crippen molar-refractivity contribution in [1.29, 1.82) is 0 Å². The second-order valence-electron chi connectivity index (χ2n) is 4.10. The van der Waals surface area contributed by atoms with Gasteiger partial charge in [0.15, 0.2) is 4.60 Å². The van der Waals surface area contributed by atoms with Gasteiger partial charge in [-0.2, -0.15) is 0 Å². The molecule has 2 unspecified atom stereocenters. The molecule has 0 aliphatic carbocycles. The predicted molar refractivity (Wildman–Crippen MR) is 66.1 cm³/mol. The first-order valence-corrected chi connectivity index (χ1v) is 6.07. The van der Waals surface area contributed by atoms with E-state index >= 15 is 0 Å². The van der Waals surface area contributed by atoms with Crippen molar-refractivity contribution in [2.45, 2.75) is 26.0 Å². The molecule has 1 N–H and O–H groups in total. The van der Waals surface area contributed by atoms with Crippen LogP contribution in [0.4, 0.5) is 0 Å². The van der Waals surface area contributed by atoms with E-state index in [9.17, 15) is 0 Å². The van der Waals surface area contributed by atoms with Crippen LogP contribution >= 0.6 is 15.9 Å². The molecule has 0 spiro atoms. The number of rotatable bonds is 5. The molecule has 0 bridgehead atoms. The Kier molecular flexibility index (Phi) is 4.89. The van der Waals surface area contributed by atoms with Gasteiger partial charge in [0.1, 0.15) is 0 Å². The van der Waals surface area contributed by atoms with Gasteiger partial charge in [-0.05, 0) is 28.9 Å². The smallest absolute Gasteiger partial charge is 0.153 e. The number of halogens is 1. The Morgan fingerprint density at radius 3 is 2.38 bits per heavy atom. The third kappa shape index (κ3) is 2.61. The molecule has 1 rings (SSSR count). The first kappa shape index (κ1) is 13.6. The van der Waals surface area contributed by atoms with Gasteiger partial charge in [0, 0.05) is 14.2 Å². The predicted octanol–water partition coefficient (Wildman–Crippen LogP) is 1.51. The van der Waals surface area contributed by atoms with Gasteiger partial charge in [-0.25, -0.2) is 4.68 Å². The van der Waals surface area contributed by atoms with Crippen molar-refractivity contribution in [3.05, 3.63) is 10.3 Å². The quantitative estimate of drug-likeness (QED) is 0.893. The van der Waals surface area contributed by atoms with Crippen molar-refractivity contribution in [1.82, 2.24) is 20.3 Å². The zero-order valence-electron chi connectivity index (χ0n) is 10.4. The summed E-state index contributed by atoms with van der Waals surface area (Å²) in [4.78, 5) is 0. The number of nitrogens with zero attached hydrogens (tertiary/aromatic N) is 3. The summed E-state index contributed by atoms with van der Waals surface area (Å²) in [5, 5.41) is 11.2. The zero-order chi connectivity index (χ0) is 12.3. The van der Waals surface area contributed by atoms with Crippen molar-refractivity contribution in [2.24, 2.45) is 13.0 Å². The van der Waals surface area contributed by atoms with Crippen molar-refractivity contribution >= 4 is 15.9 Å². The average Bonchev–Trinajstić information content (AvgIpc) is 2.55. The lowest BCUT2D eigenvalue weighted by atomic mass is 9.97. The molecule has 0 saturated carbocycles. The second-order valence-corrected chi connectivity index (χ2v) is 4.85. The van der Waals surface area contributed by atoms with E-state index in [-0.39, 0.29) is 12.1 Å². The van der Waals surface area contributed by atoms with Gasteiger partial charge in [-0.15, -0.1) is 5.10 Å². The largest absolute Gasteiger partial charge is 0.379 e. The Bertz CT molecular complexity index is 320. The minimum Gasteiger partial charge on any atom is -0.379 e. The topological polar surface area (TPSA) is 52.0 Å². The zero-order valence-corrected chi connectivity index (χ0v) is 11.9. The van der Waals surface area contributed by atoms with Crippen molar-refractivity contribution in [2.75, 3.05) is 14.2 Å². The minimum atomic E-state index is 0.0689. The summed E-state index contributed by atoms with van der Waals surface area (Å²) in [6.07, 6.45) is 0.0819. The highest BCUT2D eigenvalue weighted by Crippen LogP contribution is 2.27. The maximum Gasteiger partial charge on any atom is 0.153 e. The first-order valence-electron chi connectivity index (χ1n) is 5.28. The summed E-state index contributed by atoms with van der Waals surface area (Å²) < 4.78 is 8.07. The molecule has 0 aromatic carbocycles. The molecular weight excluding hydrogens is 272 g/mol. The number of nitrogens with one attached hydrogen (secondary N) is 1. The molecule has 6 heteroatoms. The summed E-state index contributed by atoms with van der Waals surface area (Å²) in [6.45, 7) is 4.27. The van der Waals surface area contributed by atoms with Crippen LogP contribution in [0.3, 0.4) is 0 Å². The lowest BCUT2D eigenvalue weighted by Gasteiger charge is -2.28. The van der Waals surface area contributed by atoms with E-state index in [1.807, 2.05) is 14.1 Å². The molecule has 1 aromatic rings. The molecule has 0 radical (unpaired) electrons. The molecule has 0 aliphatic rings. The number of methoxy groups -OCH3 is 1. The third-order valence-corrected chi connectivity index (χ3v) is 3.25. The van der Waals surface area contributed by atoms with Gasteiger partial charge in [0.2, 0.25) is 0 Å². The highest BCUT2D eigenvalue weighted by atomic mass is 79.9. The van der Waals surface area contributed by atoms with Crippen LogP contribution in [-0.4, -0.2) is 35.3 Å². The fraction of sp³-hybridized carbons (Fsp3) is 0.800. The number of hydrogen-bond acceptors (Lipinski definition) is 4. The normalized spacial score (nSPS) is 15.4. The minimum absolute atomic E-state index is 0.0689. The van der Waals surface area contributed by atoms with Crippen LogP contribution < -0.4 is 5.32 Å². The number of ether oxygens (including phenoxy) is 1. The van der Waals surface area contributed by atoms with Crippen LogP contribution in [0.2, 0.25) is 0 Å². The Labute approximate surface area is 105 Å². The Balaban J connectivity index is 3.06. The Hall–Kier alpha value is -0.460. The van der Waals surface area contributed by atoms with Crippen LogP contribution in [0, 0.1) is 5.92 Å². The highest BCUT2D eigenvalue weighted by molar-refractivity contribution is 9.10. The fourth-order valence-electron chi connectivity index (χ4n) is 1.92. The fourth-order valence-corrected chi connectivity index (χ4v) is 2.49. The average molecular weight is 291 g/mol. The van der Waals surface area contributed by atoms with Crippen molar-refractivity contribution in [3.63, 3.8) is 0 Å². The maximum atomic E-state index is 5.55. The van der Waals surface area contributed by atoms with Crippen LogP contribution in [0.1, 0.15) is 25.6 Å². The summed E-state index contributed by atoms with van der Waals surface area (Å²) in [5.41, 5.74) is 1.00. The highest BCUT2D eigenvalue weighted by Gasteiger charge is 2.29. The molecule has 0 saturated heterocycles. The lowest BCUT2D eigenvalue weighted by Crippen LogP contribution is -2.36. The number of likely N-dealkylation sites (N-methyl/N-ethyl adjacent to an activating group) is 1. The van der Waals surface area contributed by atoms with Crippen LogP contribution in [0.25, 0.3) is 0 Å². The van der Waals surface area contributed by atoms with Crippen LogP contribution in [0.15, 0.2) is 4.60 Å². The summed E-state index contributed by atoms with van der Waals surface area (Å²) in [6, 6.07) is 0.0689. The van der Waals surface area contributed by atoms with Gasteiger partial charge in [-0.1, -0.05) is 19.1 Å². The van der Waals surface area contributed by atoms with Crippen LogP contribution in [-0.2, 0) is 11.8 Å². The van der Waals surface area contributed by atoms with E-state index in [4.69, 9.17) is 4.74 Å². The molecule has 1 heterocycles. The molecular formula is C10H19BrN4O. The van der Waals surface area contributed by atoms with E-state index in [2.05, 4.69) is 45.4 Å². The summed E-state index contributed by atoms with van der Waals surface area (Å²) >= 11 is 3.42. The van der Waals surface area contributed by atoms with Crippen molar-refractivity contribution in [3.8, 4) is 0 Å². The molecule has 16 heavy (non-hydrogen) atoms. The van der Waals surface area contributed by atoms with Gasteiger partial charge in [-0.3, -0.25) is 0 Å². The van der Waals surface area contributed by atoms with E-state index in [0.717, 1.165) is 10.3 Å². The maximum absolute atomic E-state index is 5.55. The molecule has 92 valence electrons. The number of aromatic nitrogens is 3. The molecule has 0 amide bonds. The molecule has 1 aromatic heterocycles.